The van der Waals surface area contributed by atoms with Gasteiger partial charge in [0, 0.05) is 10.1 Å². The second-order valence-electron chi connectivity index (χ2n) is 5.73. The first-order valence-corrected chi connectivity index (χ1v) is 8.15. The van der Waals surface area contributed by atoms with Gasteiger partial charge in [-0.25, -0.2) is 0 Å². The molecule has 2 rings (SSSR count). The molecule has 3 atom stereocenters. The van der Waals surface area contributed by atoms with Crippen molar-refractivity contribution in [3.8, 4) is 6.07 Å². The van der Waals surface area contributed by atoms with Crippen LogP contribution in [-0.4, -0.2) is 5.25 Å². The number of thioether (sulfide) groups is 1. The predicted molar refractivity (Wildman–Crippen MR) is 82.3 cm³/mol. The van der Waals surface area contributed by atoms with Crippen LogP contribution in [0.4, 0.5) is 0 Å². The second kappa shape index (κ2) is 6.48. The molecule has 0 aromatic heterocycles. The zero-order chi connectivity index (χ0) is 13.8. The first-order valence-electron chi connectivity index (χ1n) is 7.27. The minimum Gasteiger partial charge on any atom is -0.198 e. The molecule has 0 heterocycles. The first-order chi connectivity index (χ1) is 9.13. The molecular formula is C17H23NS. The molecule has 1 aliphatic carbocycles. The molecule has 1 aliphatic rings. The third kappa shape index (κ3) is 3.54. The molecule has 0 saturated heterocycles. The molecule has 0 radical (unpaired) electrons. The second-order valence-corrected chi connectivity index (χ2v) is 7.04. The van der Waals surface area contributed by atoms with Crippen LogP contribution in [0.15, 0.2) is 23.1 Å². The predicted octanol–water partition coefficient (Wildman–Crippen LogP) is 5.11. The monoisotopic (exact) mass is 273 g/mol. The number of aryl methyl sites for hydroxylation is 2. The van der Waals surface area contributed by atoms with Crippen molar-refractivity contribution in [1.82, 2.24) is 0 Å². The molecular weight excluding hydrogens is 250 g/mol. The van der Waals surface area contributed by atoms with E-state index in [9.17, 15) is 5.26 Å². The Morgan fingerprint density at radius 2 is 2.05 bits per heavy atom. The van der Waals surface area contributed by atoms with Gasteiger partial charge in [0.1, 0.15) is 0 Å². The molecule has 0 aliphatic heterocycles. The van der Waals surface area contributed by atoms with E-state index in [4.69, 9.17) is 0 Å². The van der Waals surface area contributed by atoms with E-state index in [0.29, 0.717) is 5.25 Å². The van der Waals surface area contributed by atoms with Crippen molar-refractivity contribution in [3.63, 3.8) is 0 Å². The largest absolute Gasteiger partial charge is 0.198 e. The third-order valence-corrected chi connectivity index (χ3v) is 5.76. The van der Waals surface area contributed by atoms with Gasteiger partial charge in [0.15, 0.2) is 0 Å². The number of rotatable bonds is 3. The van der Waals surface area contributed by atoms with Crippen molar-refractivity contribution in [2.75, 3.05) is 0 Å². The normalized spacial score (nSPS) is 26.9. The molecule has 3 unspecified atom stereocenters. The molecule has 102 valence electrons. The Morgan fingerprint density at radius 3 is 2.68 bits per heavy atom. The first kappa shape index (κ1) is 14.5. The van der Waals surface area contributed by atoms with Gasteiger partial charge >= 0.3 is 0 Å². The van der Waals surface area contributed by atoms with Gasteiger partial charge in [-0.3, -0.25) is 0 Å². The number of hydrogen-bond acceptors (Lipinski definition) is 2. The maximum absolute atomic E-state index is 9.33. The highest BCUT2D eigenvalue weighted by atomic mass is 32.2. The molecule has 2 heteroatoms. The summed E-state index contributed by atoms with van der Waals surface area (Å²) in [6.07, 6.45) is 4.77. The van der Waals surface area contributed by atoms with Gasteiger partial charge in [-0.2, -0.15) is 5.26 Å². The van der Waals surface area contributed by atoms with Crippen molar-refractivity contribution in [2.24, 2.45) is 11.8 Å². The van der Waals surface area contributed by atoms with Crippen LogP contribution in [0.5, 0.6) is 0 Å². The van der Waals surface area contributed by atoms with Crippen molar-refractivity contribution in [2.45, 2.75) is 56.6 Å². The van der Waals surface area contributed by atoms with Crippen molar-refractivity contribution in [3.05, 3.63) is 29.3 Å². The van der Waals surface area contributed by atoms with Gasteiger partial charge in [-0.1, -0.05) is 19.4 Å². The maximum Gasteiger partial charge on any atom is 0.0667 e. The van der Waals surface area contributed by atoms with Crippen molar-refractivity contribution >= 4 is 11.8 Å². The average Bonchev–Trinajstić information content (AvgIpc) is 2.43. The average molecular weight is 273 g/mol. The van der Waals surface area contributed by atoms with Crippen molar-refractivity contribution < 1.29 is 0 Å². The highest BCUT2D eigenvalue weighted by Gasteiger charge is 2.30. The number of nitrogens with zero attached hydrogens (tertiary/aromatic N) is 1. The van der Waals surface area contributed by atoms with Gasteiger partial charge < -0.3 is 0 Å². The van der Waals surface area contributed by atoms with Crippen LogP contribution in [-0.2, 0) is 0 Å². The molecule has 0 bridgehead atoms. The quantitative estimate of drug-likeness (QED) is 0.763. The van der Waals surface area contributed by atoms with E-state index in [1.807, 2.05) is 11.8 Å². The summed E-state index contributed by atoms with van der Waals surface area (Å²) in [6.45, 7) is 6.58. The SMILES string of the molecule is CCC1CCC(C#N)C(Sc2ccc(C)c(C)c2)C1. The minimum absolute atomic E-state index is 0.231. The molecule has 1 fully saturated rings. The highest BCUT2D eigenvalue weighted by molar-refractivity contribution is 8.00. The van der Waals surface area contributed by atoms with E-state index in [2.05, 4.69) is 45.0 Å². The molecule has 0 spiro atoms. The van der Waals surface area contributed by atoms with Gasteiger partial charge in [-0.15, -0.1) is 11.8 Å². The smallest absolute Gasteiger partial charge is 0.0667 e. The zero-order valence-corrected chi connectivity index (χ0v) is 13.0. The topological polar surface area (TPSA) is 23.8 Å². The van der Waals surface area contributed by atoms with E-state index in [-0.39, 0.29) is 5.92 Å². The Bertz CT molecular complexity index is 475. The number of benzene rings is 1. The van der Waals surface area contributed by atoms with Gasteiger partial charge in [-0.05, 0) is 62.3 Å². The molecule has 1 aromatic carbocycles. The molecule has 0 N–H and O–H groups in total. The Kier molecular flexibility index (Phi) is 4.93. The summed E-state index contributed by atoms with van der Waals surface area (Å²) < 4.78 is 0. The zero-order valence-electron chi connectivity index (χ0n) is 12.1. The van der Waals surface area contributed by atoms with Crippen LogP contribution >= 0.6 is 11.8 Å². The lowest BCUT2D eigenvalue weighted by atomic mass is 9.81. The minimum atomic E-state index is 0.231. The molecule has 1 aromatic rings. The van der Waals surface area contributed by atoms with E-state index in [1.54, 1.807) is 0 Å². The van der Waals surface area contributed by atoms with Gasteiger partial charge in [0.05, 0.1) is 12.0 Å². The van der Waals surface area contributed by atoms with E-state index in [0.717, 1.165) is 12.3 Å². The summed E-state index contributed by atoms with van der Waals surface area (Å²) in [7, 11) is 0. The lowest BCUT2D eigenvalue weighted by Crippen LogP contribution is -2.25. The van der Waals surface area contributed by atoms with E-state index >= 15 is 0 Å². The summed E-state index contributed by atoms with van der Waals surface area (Å²) in [5.74, 6) is 1.04. The number of hydrogen-bond donors (Lipinski definition) is 0. The van der Waals surface area contributed by atoms with Crippen LogP contribution in [0.25, 0.3) is 0 Å². The maximum atomic E-state index is 9.33. The Hall–Kier alpha value is -0.940. The van der Waals surface area contributed by atoms with Crippen molar-refractivity contribution in [1.29, 1.82) is 5.26 Å². The fraction of sp³-hybridized carbons (Fsp3) is 0.588. The lowest BCUT2D eigenvalue weighted by Gasteiger charge is -2.31. The number of nitriles is 1. The van der Waals surface area contributed by atoms with Gasteiger partial charge in [0.2, 0.25) is 0 Å². The van der Waals surface area contributed by atoms with E-state index in [1.165, 1.54) is 35.3 Å². The summed E-state index contributed by atoms with van der Waals surface area (Å²) in [6, 6.07) is 9.19. The van der Waals surface area contributed by atoms with Crippen LogP contribution in [0.2, 0.25) is 0 Å². The van der Waals surface area contributed by atoms with Crippen LogP contribution in [0.1, 0.15) is 43.7 Å². The standard InChI is InChI=1S/C17H23NS/c1-4-14-6-7-15(11-18)17(10-14)19-16-8-5-12(2)13(3)9-16/h5,8-9,14-15,17H,4,6-7,10H2,1-3H3. The molecule has 1 saturated carbocycles. The highest BCUT2D eigenvalue weighted by Crippen LogP contribution is 2.40. The lowest BCUT2D eigenvalue weighted by molar-refractivity contribution is 0.317. The fourth-order valence-electron chi connectivity index (χ4n) is 2.82. The van der Waals surface area contributed by atoms with Crippen LogP contribution < -0.4 is 0 Å². The fourth-order valence-corrected chi connectivity index (χ4v) is 4.29. The molecule has 19 heavy (non-hydrogen) atoms. The summed E-state index contributed by atoms with van der Waals surface area (Å²) in [5.41, 5.74) is 2.69. The molecule has 1 nitrogen and oxygen atoms in total. The van der Waals surface area contributed by atoms with E-state index < -0.39 is 0 Å². The summed E-state index contributed by atoms with van der Waals surface area (Å²) >= 11 is 1.92. The Morgan fingerprint density at radius 1 is 1.26 bits per heavy atom. The van der Waals surface area contributed by atoms with Gasteiger partial charge in [0.25, 0.3) is 0 Å². The summed E-state index contributed by atoms with van der Waals surface area (Å²) in [4.78, 5) is 1.32. The Balaban J connectivity index is 2.10. The van der Waals surface area contributed by atoms with Crippen LogP contribution in [0, 0.1) is 37.0 Å². The Labute approximate surface area is 121 Å². The molecule has 0 amide bonds. The summed E-state index contributed by atoms with van der Waals surface area (Å²) in [5, 5.41) is 9.81. The van der Waals surface area contributed by atoms with Crippen LogP contribution in [0.3, 0.4) is 0 Å². The third-order valence-electron chi connectivity index (χ3n) is 4.41.